The van der Waals surface area contributed by atoms with Crippen LogP contribution in [0.3, 0.4) is 0 Å². The van der Waals surface area contributed by atoms with Gasteiger partial charge in [-0.05, 0) is 18.2 Å². The molecule has 3 aromatic rings. The second-order valence-corrected chi connectivity index (χ2v) is 4.05. The molecular weight excluding hydrogens is 273 g/mol. The van der Waals surface area contributed by atoms with Crippen molar-refractivity contribution in [2.45, 2.75) is 6.18 Å². The molecule has 0 saturated heterocycles. The first-order valence-electron chi connectivity index (χ1n) is 5.55. The van der Waals surface area contributed by atoms with Crippen molar-refractivity contribution in [2.24, 2.45) is 0 Å². The molecule has 0 aliphatic heterocycles. The first kappa shape index (κ1) is 12.4. The molecule has 0 saturated carbocycles. The van der Waals surface area contributed by atoms with Crippen LogP contribution in [0.5, 0.6) is 0 Å². The molecule has 3 aromatic heterocycles. The van der Waals surface area contributed by atoms with Crippen molar-refractivity contribution in [1.29, 1.82) is 0 Å². The normalized spacial score (nSPS) is 11.9. The smallest absolute Gasteiger partial charge is 0.298 e. The molecular formula is C12H7F3N4O. The van der Waals surface area contributed by atoms with Crippen molar-refractivity contribution in [3.63, 3.8) is 0 Å². The Hall–Kier alpha value is -2.64. The third kappa shape index (κ3) is 1.85. The van der Waals surface area contributed by atoms with Crippen molar-refractivity contribution < 1.29 is 18.0 Å². The van der Waals surface area contributed by atoms with E-state index in [4.69, 9.17) is 0 Å². The number of rotatable bonds is 2. The first-order chi connectivity index (χ1) is 9.50. The van der Waals surface area contributed by atoms with E-state index in [9.17, 15) is 18.0 Å². The molecule has 0 amide bonds. The predicted molar refractivity (Wildman–Crippen MR) is 63.1 cm³/mol. The molecule has 0 spiro atoms. The summed E-state index contributed by atoms with van der Waals surface area (Å²) < 4.78 is 39.6. The van der Waals surface area contributed by atoms with Gasteiger partial charge in [0.25, 0.3) is 0 Å². The van der Waals surface area contributed by atoms with E-state index in [2.05, 4.69) is 10.1 Å². The van der Waals surface area contributed by atoms with Crippen LogP contribution < -0.4 is 0 Å². The summed E-state index contributed by atoms with van der Waals surface area (Å²) in [5.41, 5.74) is -1.29. The number of carbonyl (C=O) groups excluding carboxylic acids is 1. The first-order valence-corrected chi connectivity index (χ1v) is 5.55. The van der Waals surface area contributed by atoms with Crippen molar-refractivity contribution in [1.82, 2.24) is 19.5 Å². The maximum Gasteiger partial charge on any atom is 0.435 e. The highest BCUT2D eigenvalue weighted by Crippen LogP contribution is 2.30. The molecule has 0 aromatic carbocycles. The van der Waals surface area contributed by atoms with Crippen LogP contribution in [0.1, 0.15) is 16.1 Å². The van der Waals surface area contributed by atoms with Crippen molar-refractivity contribution in [3.05, 3.63) is 48.0 Å². The van der Waals surface area contributed by atoms with Crippen LogP contribution in [0.4, 0.5) is 13.2 Å². The molecule has 3 heterocycles. The van der Waals surface area contributed by atoms with E-state index in [1.165, 1.54) is 17.1 Å². The van der Waals surface area contributed by atoms with Gasteiger partial charge in [-0.15, -0.1) is 5.10 Å². The zero-order valence-electron chi connectivity index (χ0n) is 9.87. The Morgan fingerprint density at radius 3 is 2.70 bits per heavy atom. The van der Waals surface area contributed by atoms with Gasteiger partial charge in [0, 0.05) is 17.8 Å². The predicted octanol–water partition coefficient (Wildman–Crippen LogP) is 2.38. The van der Waals surface area contributed by atoms with Crippen LogP contribution in [-0.4, -0.2) is 25.8 Å². The van der Waals surface area contributed by atoms with Gasteiger partial charge in [0.1, 0.15) is 0 Å². The molecule has 3 rings (SSSR count). The fraction of sp³-hybridized carbons (Fsp3) is 0.0833. The summed E-state index contributed by atoms with van der Waals surface area (Å²) in [5.74, 6) is 0. The maximum atomic E-state index is 12.7. The van der Waals surface area contributed by atoms with Gasteiger partial charge in [-0.1, -0.05) is 0 Å². The minimum atomic E-state index is -4.68. The molecule has 0 aliphatic rings. The molecule has 0 fully saturated rings. The highest BCUT2D eigenvalue weighted by Gasteiger charge is 2.37. The van der Waals surface area contributed by atoms with Crippen molar-refractivity contribution in [3.8, 4) is 0 Å². The second-order valence-electron chi connectivity index (χ2n) is 4.05. The molecule has 0 N–H and O–H groups in total. The zero-order chi connectivity index (χ0) is 14.3. The molecule has 5 nitrogen and oxygen atoms in total. The quantitative estimate of drug-likeness (QED) is 0.677. The molecule has 0 aliphatic carbocycles. The topological polar surface area (TPSA) is 52.7 Å². The molecule has 102 valence electrons. The number of halogens is 3. The average molecular weight is 280 g/mol. The third-order valence-corrected chi connectivity index (χ3v) is 2.78. The summed E-state index contributed by atoms with van der Waals surface area (Å²) in [6.07, 6.45) is -0.486. The zero-order valence-corrected chi connectivity index (χ0v) is 9.87. The van der Waals surface area contributed by atoms with Crippen LogP contribution >= 0.6 is 0 Å². The average Bonchev–Trinajstić information content (AvgIpc) is 3.01. The van der Waals surface area contributed by atoms with E-state index >= 15 is 0 Å². The summed E-state index contributed by atoms with van der Waals surface area (Å²) in [6, 6.07) is 5.18. The lowest BCUT2D eigenvalue weighted by Gasteiger charge is -2.04. The van der Waals surface area contributed by atoms with E-state index in [1.807, 2.05) is 0 Å². The van der Waals surface area contributed by atoms with Crippen molar-refractivity contribution >= 4 is 17.3 Å². The lowest BCUT2D eigenvalue weighted by Crippen LogP contribution is -2.13. The van der Waals surface area contributed by atoms with Crippen LogP contribution in [0.2, 0.25) is 0 Å². The van der Waals surface area contributed by atoms with E-state index in [0.717, 1.165) is 16.4 Å². The number of pyridine rings is 1. The largest absolute Gasteiger partial charge is 0.435 e. The van der Waals surface area contributed by atoms with E-state index in [0.29, 0.717) is 5.65 Å². The van der Waals surface area contributed by atoms with Crippen LogP contribution in [0.25, 0.3) is 11.0 Å². The molecule has 20 heavy (non-hydrogen) atoms. The Kier molecular flexibility index (Phi) is 2.60. The van der Waals surface area contributed by atoms with Crippen LogP contribution in [-0.2, 0) is 6.18 Å². The highest BCUT2D eigenvalue weighted by molar-refractivity contribution is 5.77. The Morgan fingerprint density at radius 1 is 1.25 bits per heavy atom. The number of aldehydes is 1. The SMILES string of the molecule is O=Cc1cn(-n2ccc3cccnc32)nc1C(F)(F)F. The molecule has 0 unspecified atom stereocenters. The van der Waals surface area contributed by atoms with Gasteiger partial charge in [0.2, 0.25) is 0 Å². The maximum absolute atomic E-state index is 12.7. The van der Waals surface area contributed by atoms with Gasteiger partial charge in [0.05, 0.1) is 11.8 Å². The van der Waals surface area contributed by atoms with Crippen LogP contribution in [0, 0.1) is 0 Å². The fourth-order valence-electron chi connectivity index (χ4n) is 1.91. The van der Waals surface area contributed by atoms with Gasteiger partial charge in [-0.25, -0.2) is 9.66 Å². The Labute approximate surface area is 110 Å². The number of nitrogens with zero attached hydrogens (tertiary/aromatic N) is 4. The van der Waals surface area contributed by atoms with Gasteiger partial charge >= 0.3 is 6.18 Å². The summed E-state index contributed by atoms with van der Waals surface area (Å²) in [4.78, 5) is 15.8. The number of hydrogen-bond donors (Lipinski definition) is 0. The lowest BCUT2D eigenvalue weighted by molar-refractivity contribution is -0.141. The van der Waals surface area contributed by atoms with Gasteiger partial charge in [0.15, 0.2) is 17.6 Å². The standard InChI is InChI=1S/C12H7F3N4O/c13-12(14,15)10-9(7-20)6-19(17-10)18-5-3-8-2-1-4-16-11(8)18/h1-7H. The van der Waals surface area contributed by atoms with Crippen LogP contribution in [0.15, 0.2) is 36.8 Å². The number of hydrogen-bond acceptors (Lipinski definition) is 3. The summed E-state index contributed by atoms with van der Waals surface area (Å²) in [5, 5.41) is 4.18. The Morgan fingerprint density at radius 2 is 2.05 bits per heavy atom. The lowest BCUT2D eigenvalue weighted by atomic mass is 10.3. The molecule has 8 heteroatoms. The molecule has 0 radical (unpaired) electrons. The van der Waals surface area contributed by atoms with Gasteiger partial charge in [-0.2, -0.15) is 18.0 Å². The summed E-state index contributed by atoms with van der Waals surface area (Å²) in [6.45, 7) is 0. The van der Waals surface area contributed by atoms with E-state index in [-0.39, 0.29) is 6.29 Å². The highest BCUT2D eigenvalue weighted by atomic mass is 19.4. The fourth-order valence-corrected chi connectivity index (χ4v) is 1.91. The summed E-state index contributed by atoms with van der Waals surface area (Å²) in [7, 11) is 0. The minimum absolute atomic E-state index is 0.130. The second kappa shape index (κ2) is 4.19. The number of alkyl halides is 3. The van der Waals surface area contributed by atoms with Crippen molar-refractivity contribution in [2.75, 3.05) is 0 Å². The minimum Gasteiger partial charge on any atom is -0.298 e. The third-order valence-electron chi connectivity index (χ3n) is 2.78. The van der Waals surface area contributed by atoms with E-state index in [1.54, 1.807) is 18.2 Å². The number of fused-ring (bicyclic) bond motifs is 1. The molecule has 0 atom stereocenters. The Balaban J connectivity index is 2.20. The van der Waals surface area contributed by atoms with E-state index < -0.39 is 17.4 Å². The Bertz CT molecular complexity index is 787. The summed E-state index contributed by atoms with van der Waals surface area (Å²) >= 11 is 0. The number of carbonyl (C=O) groups is 1. The van der Waals surface area contributed by atoms with Gasteiger partial charge < -0.3 is 0 Å². The number of aromatic nitrogens is 4. The van der Waals surface area contributed by atoms with Gasteiger partial charge in [-0.3, -0.25) is 4.79 Å². The molecule has 0 bridgehead atoms. The monoisotopic (exact) mass is 280 g/mol.